The van der Waals surface area contributed by atoms with Gasteiger partial charge in [-0.05, 0) is 68.1 Å². The van der Waals surface area contributed by atoms with Gasteiger partial charge in [0.2, 0.25) is 5.78 Å². The van der Waals surface area contributed by atoms with Crippen LogP contribution in [0.4, 0.5) is 0 Å². The summed E-state index contributed by atoms with van der Waals surface area (Å²) in [7, 11) is 0. The molecule has 2 N–H and O–H groups in total. The zero-order chi connectivity index (χ0) is 21.2. The molecule has 0 saturated heterocycles. The van der Waals surface area contributed by atoms with Gasteiger partial charge in [-0.25, -0.2) is 0 Å². The van der Waals surface area contributed by atoms with Crippen molar-refractivity contribution in [1.82, 2.24) is 0 Å². The summed E-state index contributed by atoms with van der Waals surface area (Å²) in [6, 6.07) is 0. The van der Waals surface area contributed by atoms with E-state index >= 15 is 0 Å². The minimum absolute atomic E-state index is 0.0517. The molecule has 4 aliphatic carbocycles. The van der Waals surface area contributed by atoms with Crippen LogP contribution in [0, 0.1) is 34.5 Å². The summed E-state index contributed by atoms with van der Waals surface area (Å²) in [5.41, 5.74) is -2.28. The molecular formula is C23H34O6. The number of ketones is 2. The van der Waals surface area contributed by atoms with E-state index in [1.54, 1.807) is 0 Å². The van der Waals surface area contributed by atoms with E-state index in [0.717, 1.165) is 38.5 Å². The molecule has 29 heavy (non-hydrogen) atoms. The Kier molecular flexibility index (Phi) is 4.97. The molecule has 0 aromatic carbocycles. The second-order valence-corrected chi connectivity index (χ2v) is 10.6. The minimum Gasteiger partial charge on any atom is -0.451 e. The highest BCUT2D eigenvalue weighted by Crippen LogP contribution is 2.68. The van der Waals surface area contributed by atoms with Crippen LogP contribution in [0.15, 0.2) is 0 Å². The van der Waals surface area contributed by atoms with Crippen molar-refractivity contribution >= 4 is 17.5 Å². The van der Waals surface area contributed by atoms with E-state index in [2.05, 4.69) is 6.92 Å². The van der Waals surface area contributed by atoms with Crippen LogP contribution < -0.4 is 0 Å². The molecule has 8 atom stereocenters. The molecule has 0 aliphatic heterocycles. The first-order valence-electron chi connectivity index (χ1n) is 11.1. The van der Waals surface area contributed by atoms with E-state index in [4.69, 9.17) is 4.74 Å². The Morgan fingerprint density at radius 1 is 1.14 bits per heavy atom. The van der Waals surface area contributed by atoms with Crippen molar-refractivity contribution in [3.8, 4) is 0 Å². The van der Waals surface area contributed by atoms with E-state index in [0.29, 0.717) is 12.3 Å². The minimum atomic E-state index is -1.40. The molecule has 6 heteroatoms. The van der Waals surface area contributed by atoms with Gasteiger partial charge in [-0.2, -0.15) is 0 Å². The molecular weight excluding hydrogens is 372 g/mol. The van der Waals surface area contributed by atoms with Crippen LogP contribution in [-0.2, 0) is 19.1 Å². The lowest BCUT2D eigenvalue weighted by Crippen LogP contribution is -2.63. The smallest absolute Gasteiger partial charge is 0.303 e. The predicted octanol–water partition coefficient (Wildman–Crippen LogP) is 2.43. The summed E-state index contributed by atoms with van der Waals surface area (Å²) >= 11 is 0. The van der Waals surface area contributed by atoms with Gasteiger partial charge in [0.05, 0.1) is 6.10 Å². The summed E-state index contributed by atoms with van der Waals surface area (Å²) in [6.45, 7) is 4.76. The molecule has 6 nitrogen and oxygen atoms in total. The van der Waals surface area contributed by atoms with Gasteiger partial charge in [0.1, 0.15) is 12.4 Å². The van der Waals surface area contributed by atoms with E-state index in [1.807, 2.05) is 6.92 Å². The maximum absolute atomic E-state index is 13.6. The summed E-state index contributed by atoms with van der Waals surface area (Å²) in [5.74, 6) is -0.263. The van der Waals surface area contributed by atoms with Gasteiger partial charge >= 0.3 is 5.97 Å². The molecule has 0 unspecified atom stereocenters. The molecule has 4 rings (SSSR count). The quantitative estimate of drug-likeness (QED) is 0.698. The third-order valence-electron chi connectivity index (χ3n) is 9.36. The third-order valence-corrected chi connectivity index (χ3v) is 9.36. The van der Waals surface area contributed by atoms with Gasteiger partial charge in [-0.15, -0.1) is 0 Å². The number of rotatable bonds is 3. The van der Waals surface area contributed by atoms with Crippen molar-refractivity contribution in [2.24, 2.45) is 34.5 Å². The fraction of sp³-hybridized carbons (Fsp3) is 0.870. The highest BCUT2D eigenvalue weighted by molar-refractivity contribution is 5.94. The average molecular weight is 407 g/mol. The number of esters is 1. The topological polar surface area (TPSA) is 101 Å². The maximum atomic E-state index is 13.6. The van der Waals surface area contributed by atoms with Crippen molar-refractivity contribution in [2.45, 2.75) is 83.8 Å². The number of aliphatic hydroxyl groups excluding tert-OH is 2. The molecule has 0 radical (unpaired) electrons. The molecule has 0 aromatic rings. The number of carbonyl (C=O) groups is 3. The van der Waals surface area contributed by atoms with Crippen LogP contribution in [0.25, 0.3) is 0 Å². The lowest BCUT2D eigenvalue weighted by molar-refractivity contribution is -0.195. The Labute approximate surface area is 172 Å². The van der Waals surface area contributed by atoms with Crippen LogP contribution in [0.1, 0.15) is 72.1 Å². The SMILES string of the molecule is CC(=O)O[C@]1(C(=O)CO)CC[C@H]2[C@@H]3CC[C@@H]4C[C@H](O)CC[C@]4(C)[C@H]3C(=O)C[C@@]21C. The standard InChI is InChI=1S/C23H34O6/c1-13(25)29-23(19(28)12-24)9-7-17-16-5-4-14-10-15(26)6-8-21(14,2)20(16)18(27)11-22(17,23)3/h14-17,20,24,26H,4-12H2,1-3H3/t14-,15-,16+,17+,20-,21+,22+,23+/m1/s1. The normalized spacial score (nSPS) is 49.0. The number of hydrogen-bond donors (Lipinski definition) is 2. The molecule has 162 valence electrons. The molecule has 0 aromatic heterocycles. The third kappa shape index (κ3) is 2.78. The van der Waals surface area contributed by atoms with Crippen LogP contribution in [0.3, 0.4) is 0 Å². The highest BCUT2D eigenvalue weighted by atomic mass is 16.6. The number of aliphatic hydroxyl groups is 2. The first-order chi connectivity index (χ1) is 13.6. The summed E-state index contributed by atoms with van der Waals surface area (Å²) in [6.07, 6.45) is 5.33. The van der Waals surface area contributed by atoms with Gasteiger partial charge in [-0.3, -0.25) is 14.4 Å². The number of fused-ring (bicyclic) bond motifs is 5. The van der Waals surface area contributed by atoms with Crippen LogP contribution >= 0.6 is 0 Å². The Balaban J connectivity index is 1.73. The number of hydrogen-bond acceptors (Lipinski definition) is 6. The van der Waals surface area contributed by atoms with Crippen LogP contribution in [0.2, 0.25) is 0 Å². The monoisotopic (exact) mass is 406 g/mol. The molecule has 0 heterocycles. The van der Waals surface area contributed by atoms with E-state index in [1.165, 1.54) is 6.92 Å². The average Bonchev–Trinajstić information content (AvgIpc) is 2.93. The lowest BCUT2D eigenvalue weighted by atomic mass is 9.44. The van der Waals surface area contributed by atoms with Crippen molar-refractivity contribution < 1.29 is 29.3 Å². The first kappa shape index (κ1) is 21.0. The zero-order valence-corrected chi connectivity index (χ0v) is 17.8. The Bertz CT molecular complexity index is 733. The molecule has 4 fully saturated rings. The maximum Gasteiger partial charge on any atom is 0.303 e. The van der Waals surface area contributed by atoms with Crippen molar-refractivity contribution in [3.63, 3.8) is 0 Å². The summed E-state index contributed by atoms with van der Waals surface area (Å²) in [4.78, 5) is 38.4. The Morgan fingerprint density at radius 2 is 1.86 bits per heavy atom. The van der Waals surface area contributed by atoms with Gasteiger partial charge < -0.3 is 14.9 Å². The van der Waals surface area contributed by atoms with E-state index < -0.39 is 29.4 Å². The van der Waals surface area contributed by atoms with Crippen molar-refractivity contribution in [3.05, 3.63) is 0 Å². The molecule has 0 spiro atoms. The molecule has 4 aliphatic rings. The summed E-state index contributed by atoms with van der Waals surface area (Å²) in [5, 5.41) is 19.8. The zero-order valence-electron chi connectivity index (χ0n) is 17.8. The van der Waals surface area contributed by atoms with Crippen molar-refractivity contribution in [2.75, 3.05) is 6.61 Å². The number of ether oxygens (including phenoxy) is 1. The molecule has 0 bridgehead atoms. The number of Topliss-reactive ketones (excluding diaryl/α,β-unsaturated/α-hetero) is 2. The van der Waals surface area contributed by atoms with Gasteiger partial charge in [-0.1, -0.05) is 13.8 Å². The Morgan fingerprint density at radius 3 is 2.52 bits per heavy atom. The number of carbonyl (C=O) groups excluding carboxylic acids is 3. The summed E-state index contributed by atoms with van der Waals surface area (Å²) < 4.78 is 5.66. The second-order valence-electron chi connectivity index (χ2n) is 10.6. The fourth-order valence-corrected chi connectivity index (χ4v) is 8.09. The van der Waals surface area contributed by atoms with Gasteiger partial charge in [0.15, 0.2) is 5.60 Å². The van der Waals surface area contributed by atoms with Gasteiger partial charge in [0.25, 0.3) is 0 Å². The predicted molar refractivity (Wildman–Crippen MR) is 105 cm³/mol. The van der Waals surface area contributed by atoms with Gasteiger partial charge in [0, 0.05) is 24.7 Å². The largest absolute Gasteiger partial charge is 0.451 e. The van der Waals surface area contributed by atoms with Crippen LogP contribution in [-0.4, -0.2) is 46.1 Å². The van der Waals surface area contributed by atoms with Crippen molar-refractivity contribution in [1.29, 1.82) is 0 Å². The fourth-order valence-electron chi connectivity index (χ4n) is 8.09. The first-order valence-corrected chi connectivity index (χ1v) is 11.1. The lowest BCUT2D eigenvalue weighted by Gasteiger charge is -2.60. The molecule has 0 amide bonds. The van der Waals surface area contributed by atoms with Crippen LogP contribution in [0.5, 0.6) is 0 Å². The molecule has 4 saturated carbocycles. The van der Waals surface area contributed by atoms with E-state index in [-0.39, 0.29) is 41.5 Å². The second kappa shape index (κ2) is 6.88. The highest BCUT2D eigenvalue weighted by Gasteiger charge is 2.70. The van der Waals surface area contributed by atoms with E-state index in [9.17, 15) is 24.6 Å². The Hall–Kier alpha value is -1.27.